The summed E-state index contributed by atoms with van der Waals surface area (Å²) in [6.07, 6.45) is 6.80. The van der Waals surface area contributed by atoms with Crippen LogP contribution in [0.3, 0.4) is 0 Å². The van der Waals surface area contributed by atoms with Crippen molar-refractivity contribution in [3.05, 3.63) is 65.3 Å². The zero-order valence-corrected chi connectivity index (χ0v) is 16.5. The van der Waals surface area contributed by atoms with Gasteiger partial charge in [-0.1, -0.05) is 23.3 Å². The number of hydrogen-bond acceptors (Lipinski definition) is 4. The minimum atomic E-state index is -0.0242. The van der Waals surface area contributed by atoms with E-state index in [9.17, 15) is 15.3 Å². The Hall–Kier alpha value is -3.14. The van der Waals surface area contributed by atoms with Gasteiger partial charge in [0, 0.05) is 28.6 Å². The molecule has 0 bridgehead atoms. The highest BCUT2D eigenvalue weighted by Crippen LogP contribution is 2.38. The molecule has 0 atom stereocenters. The minimum Gasteiger partial charge on any atom is -0.508 e. The van der Waals surface area contributed by atoms with Gasteiger partial charge in [0.2, 0.25) is 0 Å². The van der Waals surface area contributed by atoms with Crippen molar-refractivity contribution in [3.63, 3.8) is 0 Å². The lowest BCUT2D eigenvalue weighted by molar-refractivity contribution is 0.447. The van der Waals surface area contributed by atoms with E-state index in [0.29, 0.717) is 28.9 Å². The van der Waals surface area contributed by atoms with Crippen LogP contribution in [0.25, 0.3) is 22.3 Å². The van der Waals surface area contributed by atoms with Gasteiger partial charge in [-0.05, 0) is 64.3 Å². The van der Waals surface area contributed by atoms with Gasteiger partial charge >= 0.3 is 0 Å². The van der Waals surface area contributed by atoms with Gasteiger partial charge in [0.05, 0.1) is 0 Å². The first-order valence-electron chi connectivity index (χ1n) is 9.40. The first-order valence-corrected chi connectivity index (χ1v) is 9.40. The van der Waals surface area contributed by atoms with Crippen molar-refractivity contribution in [1.29, 1.82) is 0 Å². The first kappa shape index (κ1) is 19.6. The molecule has 0 saturated carbocycles. The molecular weight excluding hydrogens is 352 g/mol. The molecule has 2 aromatic carbocycles. The highest BCUT2D eigenvalue weighted by molar-refractivity contribution is 5.85. The number of allylic oxidation sites excluding steroid dienone is 4. The monoisotopic (exact) mass is 378 g/mol. The molecule has 0 radical (unpaired) electrons. The van der Waals surface area contributed by atoms with E-state index in [2.05, 4.69) is 32.9 Å². The Bertz CT molecular complexity index is 1050. The first-order chi connectivity index (χ1) is 13.3. The van der Waals surface area contributed by atoms with E-state index in [1.165, 1.54) is 17.2 Å². The zero-order chi connectivity index (χ0) is 20.3. The van der Waals surface area contributed by atoms with Crippen LogP contribution < -0.4 is 0 Å². The second-order valence-corrected chi connectivity index (χ2v) is 7.40. The van der Waals surface area contributed by atoms with Crippen LogP contribution in [-0.2, 0) is 6.42 Å². The van der Waals surface area contributed by atoms with Crippen LogP contribution in [0, 0.1) is 0 Å². The number of phenols is 3. The van der Waals surface area contributed by atoms with Gasteiger partial charge in [-0.15, -0.1) is 0 Å². The lowest BCUT2D eigenvalue weighted by Crippen LogP contribution is -1.90. The van der Waals surface area contributed by atoms with Crippen LogP contribution in [0.15, 0.2) is 64.1 Å². The quantitative estimate of drug-likeness (QED) is 0.431. The Morgan fingerprint density at radius 2 is 1.71 bits per heavy atom. The Morgan fingerprint density at radius 1 is 0.929 bits per heavy atom. The molecule has 0 spiro atoms. The van der Waals surface area contributed by atoms with Gasteiger partial charge in [0.15, 0.2) is 0 Å². The summed E-state index contributed by atoms with van der Waals surface area (Å²) < 4.78 is 5.87. The summed E-state index contributed by atoms with van der Waals surface area (Å²) in [6, 6.07) is 9.71. The van der Waals surface area contributed by atoms with Gasteiger partial charge in [0.1, 0.15) is 28.6 Å². The van der Waals surface area contributed by atoms with Crippen LogP contribution in [-0.4, -0.2) is 15.3 Å². The van der Waals surface area contributed by atoms with Gasteiger partial charge in [-0.3, -0.25) is 0 Å². The van der Waals surface area contributed by atoms with Crippen molar-refractivity contribution in [2.24, 2.45) is 0 Å². The standard InChI is InChI=1S/C24H26O4/c1-15(2)5-4-6-16(3)7-10-20-21(12-19(26)13-22(20)27)24-11-17-8-9-18(25)14-23(17)28-24/h5,7-9,11-14,25-27H,4,6,10H2,1-3H3/b16-7-. The molecule has 0 aliphatic carbocycles. The third kappa shape index (κ3) is 4.58. The van der Waals surface area contributed by atoms with Crippen molar-refractivity contribution in [3.8, 4) is 28.6 Å². The molecule has 4 nitrogen and oxygen atoms in total. The number of phenolic OH excluding ortho intramolecular Hbond substituents is 3. The predicted molar refractivity (Wildman–Crippen MR) is 113 cm³/mol. The third-order valence-electron chi connectivity index (χ3n) is 4.73. The van der Waals surface area contributed by atoms with E-state index in [1.807, 2.05) is 6.07 Å². The zero-order valence-electron chi connectivity index (χ0n) is 16.5. The van der Waals surface area contributed by atoms with Crippen molar-refractivity contribution in [1.82, 2.24) is 0 Å². The highest BCUT2D eigenvalue weighted by Gasteiger charge is 2.15. The molecule has 1 heterocycles. The number of fused-ring (bicyclic) bond motifs is 1. The van der Waals surface area contributed by atoms with Crippen molar-refractivity contribution >= 4 is 11.0 Å². The normalized spacial score (nSPS) is 11.8. The van der Waals surface area contributed by atoms with Gasteiger partial charge in [-0.2, -0.15) is 0 Å². The lowest BCUT2D eigenvalue weighted by Gasteiger charge is -2.10. The average Bonchev–Trinajstić information content (AvgIpc) is 3.03. The molecule has 146 valence electrons. The van der Waals surface area contributed by atoms with E-state index >= 15 is 0 Å². The van der Waals surface area contributed by atoms with Crippen molar-refractivity contribution < 1.29 is 19.7 Å². The van der Waals surface area contributed by atoms with E-state index in [4.69, 9.17) is 4.42 Å². The molecule has 28 heavy (non-hydrogen) atoms. The Morgan fingerprint density at radius 3 is 2.46 bits per heavy atom. The number of aromatic hydroxyl groups is 3. The predicted octanol–water partition coefficient (Wildman–Crippen LogP) is 6.45. The summed E-state index contributed by atoms with van der Waals surface area (Å²) in [4.78, 5) is 0. The molecule has 0 saturated heterocycles. The maximum atomic E-state index is 10.4. The van der Waals surface area contributed by atoms with Gasteiger partial charge in [-0.25, -0.2) is 0 Å². The average molecular weight is 378 g/mol. The molecule has 0 fully saturated rings. The van der Waals surface area contributed by atoms with E-state index < -0.39 is 0 Å². The second-order valence-electron chi connectivity index (χ2n) is 7.40. The topological polar surface area (TPSA) is 73.8 Å². The third-order valence-corrected chi connectivity index (χ3v) is 4.73. The second kappa shape index (κ2) is 8.26. The number of hydrogen-bond donors (Lipinski definition) is 3. The van der Waals surface area contributed by atoms with Gasteiger partial charge in [0.25, 0.3) is 0 Å². The molecule has 0 aliphatic heterocycles. The molecule has 4 heteroatoms. The molecule has 0 aliphatic rings. The molecular formula is C24H26O4. The van der Waals surface area contributed by atoms with Crippen LogP contribution in [0.1, 0.15) is 39.2 Å². The Labute approximate surface area is 165 Å². The molecule has 3 N–H and O–H groups in total. The summed E-state index contributed by atoms with van der Waals surface area (Å²) in [5.74, 6) is 0.676. The van der Waals surface area contributed by atoms with E-state index in [0.717, 1.165) is 18.2 Å². The molecule has 0 amide bonds. The largest absolute Gasteiger partial charge is 0.508 e. The Balaban J connectivity index is 1.94. The number of rotatable bonds is 6. The van der Waals surface area contributed by atoms with Crippen LogP contribution >= 0.6 is 0 Å². The Kier molecular flexibility index (Phi) is 5.78. The van der Waals surface area contributed by atoms with Crippen LogP contribution in [0.5, 0.6) is 17.2 Å². The van der Waals surface area contributed by atoms with E-state index in [-0.39, 0.29) is 17.2 Å². The van der Waals surface area contributed by atoms with E-state index in [1.54, 1.807) is 24.3 Å². The fraction of sp³-hybridized carbons (Fsp3) is 0.250. The summed E-state index contributed by atoms with van der Waals surface area (Å²) in [6.45, 7) is 6.26. The smallest absolute Gasteiger partial charge is 0.138 e. The van der Waals surface area contributed by atoms with Crippen LogP contribution in [0.4, 0.5) is 0 Å². The van der Waals surface area contributed by atoms with Crippen molar-refractivity contribution in [2.45, 2.75) is 40.0 Å². The SMILES string of the molecule is CC(C)=CCC/C(C)=C\Cc1c(O)cc(O)cc1-c1cc2ccc(O)cc2o1. The maximum Gasteiger partial charge on any atom is 0.138 e. The minimum absolute atomic E-state index is 0.0242. The summed E-state index contributed by atoms with van der Waals surface area (Å²) in [5, 5.41) is 30.9. The van der Waals surface area contributed by atoms with Crippen molar-refractivity contribution in [2.75, 3.05) is 0 Å². The molecule has 3 rings (SSSR count). The number of benzene rings is 2. The summed E-state index contributed by atoms with van der Waals surface area (Å²) >= 11 is 0. The number of furan rings is 1. The maximum absolute atomic E-state index is 10.4. The lowest BCUT2D eigenvalue weighted by atomic mass is 9.98. The fourth-order valence-corrected chi connectivity index (χ4v) is 3.20. The summed E-state index contributed by atoms with van der Waals surface area (Å²) in [5.41, 5.74) is 4.44. The fourth-order valence-electron chi connectivity index (χ4n) is 3.20. The summed E-state index contributed by atoms with van der Waals surface area (Å²) in [7, 11) is 0. The molecule has 3 aromatic rings. The van der Waals surface area contributed by atoms with Crippen LogP contribution in [0.2, 0.25) is 0 Å². The molecule has 1 aromatic heterocycles. The van der Waals surface area contributed by atoms with Gasteiger partial charge < -0.3 is 19.7 Å². The molecule has 0 unspecified atom stereocenters. The highest BCUT2D eigenvalue weighted by atomic mass is 16.3.